The maximum absolute atomic E-state index is 15.0. The highest BCUT2D eigenvalue weighted by atomic mass is 35.5. The predicted molar refractivity (Wildman–Crippen MR) is 125 cm³/mol. The van der Waals surface area contributed by atoms with E-state index in [4.69, 9.17) is 11.6 Å². The number of rotatable bonds is 6. The van der Waals surface area contributed by atoms with E-state index in [1.807, 2.05) is 0 Å². The fraction of sp³-hybridized carbons (Fsp3) is 0.333. The van der Waals surface area contributed by atoms with Crippen molar-refractivity contribution in [2.24, 2.45) is 5.16 Å². The smallest absolute Gasteiger partial charge is 0.341 e. The number of pyridine rings is 2. The van der Waals surface area contributed by atoms with Crippen LogP contribution in [-0.2, 0) is 6.54 Å². The number of aromatic carboxylic acids is 1. The number of carboxylic acid groups (broad SMARTS) is 1. The monoisotopic (exact) mass is 493 g/mol. The number of carbonyl (C=O) groups is 1. The van der Waals surface area contributed by atoms with Gasteiger partial charge in [-0.2, -0.15) is 0 Å². The molecule has 3 aromatic heterocycles. The van der Waals surface area contributed by atoms with Gasteiger partial charge in [0.25, 0.3) is 0 Å². The third kappa shape index (κ3) is 4.56. The van der Waals surface area contributed by atoms with Crippen molar-refractivity contribution in [3.8, 4) is 0 Å². The Bertz CT molecular complexity index is 1300. The van der Waals surface area contributed by atoms with Crippen LogP contribution in [0.5, 0.6) is 0 Å². The molecule has 0 bridgehead atoms. The van der Waals surface area contributed by atoms with Crippen molar-refractivity contribution >= 4 is 51.5 Å². The highest BCUT2D eigenvalue weighted by Gasteiger charge is 2.25. The van der Waals surface area contributed by atoms with Crippen molar-refractivity contribution in [2.45, 2.75) is 13.5 Å². The average Bonchev–Trinajstić information content (AvgIpc) is 3.24. The lowest BCUT2D eigenvalue weighted by molar-refractivity contribution is 0.0695. The summed E-state index contributed by atoms with van der Waals surface area (Å²) in [5, 5.41) is 22.0. The van der Waals surface area contributed by atoms with Crippen LogP contribution in [0.1, 0.15) is 22.2 Å². The molecular weight excluding hydrogens is 473 g/mol. The van der Waals surface area contributed by atoms with Gasteiger partial charge in [-0.25, -0.2) is 14.2 Å². The van der Waals surface area contributed by atoms with Crippen LogP contribution >= 0.6 is 22.9 Å². The van der Waals surface area contributed by atoms with Crippen LogP contribution in [-0.4, -0.2) is 69.2 Å². The number of anilines is 1. The summed E-state index contributed by atoms with van der Waals surface area (Å²) >= 11 is 7.30. The van der Waals surface area contributed by atoms with Crippen LogP contribution in [0.2, 0.25) is 4.34 Å². The van der Waals surface area contributed by atoms with Crippen LogP contribution in [0.3, 0.4) is 0 Å². The second kappa shape index (κ2) is 9.46. The van der Waals surface area contributed by atoms with Crippen molar-refractivity contribution in [2.75, 3.05) is 37.6 Å². The van der Waals surface area contributed by atoms with E-state index in [1.54, 1.807) is 24.0 Å². The quantitative estimate of drug-likeness (QED) is 0.308. The molecule has 1 aliphatic rings. The van der Waals surface area contributed by atoms with Crippen molar-refractivity contribution < 1.29 is 19.5 Å². The van der Waals surface area contributed by atoms with Crippen molar-refractivity contribution in [1.29, 1.82) is 0 Å². The molecule has 0 spiro atoms. The molecule has 0 amide bonds. The number of piperazine rings is 1. The maximum Gasteiger partial charge on any atom is 0.341 e. The van der Waals surface area contributed by atoms with E-state index in [0.717, 1.165) is 10.9 Å². The Balaban J connectivity index is 1.56. The number of carboxylic acids is 1. The molecule has 0 aromatic carbocycles. The Kier molecular flexibility index (Phi) is 6.63. The fourth-order valence-corrected chi connectivity index (χ4v) is 4.87. The topological polar surface area (TPSA) is 111 Å². The minimum absolute atomic E-state index is 0.0601. The van der Waals surface area contributed by atoms with Crippen LogP contribution in [0.4, 0.5) is 10.2 Å². The zero-order valence-electron chi connectivity index (χ0n) is 17.7. The van der Waals surface area contributed by atoms with Gasteiger partial charge >= 0.3 is 5.97 Å². The summed E-state index contributed by atoms with van der Waals surface area (Å²) in [5.41, 5.74) is -0.415. The molecule has 0 radical (unpaired) electrons. The molecule has 0 unspecified atom stereocenters. The van der Waals surface area contributed by atoms with E-state index in [1.165, 1.54) is 22.1 Å². The molecule has 33 heavy (non-hydrogen) atoms. The minimum Gasteiger partial charge on any atom is -0.477 e. The molecule has 1 aliphatic heterocycles. The number of hydrogen-bond acceptors (Lipinski definition) is 8. The van der Waals surface area contributed by atoms with E-state index < -0.39 is 22.8 Å². The Morgan fingerprint density at radius 2 is 2.03 bits per heavy atom. The number of nitrogens with zero attached hydrogens (tertiary/aromatic N) is 5. The number of halogens is 2. The summed E-state index contributed by atoms with van der Waals surface area (Å²) in [6.45, 7) is 4.69. The molecule has 0 atom stereocenters. The first-order valence-electron chi connectivity index (χ1n) is 10.2. The normalized spacial score (nSPS) is 15.4. The van der Waals surface area contributed by atoms with Gasteiger partial charge in [0.1, 0.15) is 16.9 Å². The number of hydrogen-bond donors (Lipinski definition) is 2. The van der Waals surface area contributed by atoms with E-state index in [0.29, 0.717) is 49.3 Å². The number of aryl methyl sites for hydroxylation is 1. The van der Waals surface area contributed by atoms with Gasteiger partial charge in [-0.1, -0.05) is 16.8 Å². The molecule has 1 saturated heterocycles. The zero-order valence-corrected chi connectivity index (χ0v) is 19.2. The Morgan fingerprint density at radius 3 is 2.61 bits per heavy atom. The van der Waals surface area contributed by atoms with E-state index in [-0.39, 0.29) is 16.9 Å². The maximum atomic E-state index is 15.0. The van der Waals surface area contributed by atoms with Crippen LogP contribution in [0.15, 0.2) is 34.3 Å². The van der Waals surface area contributed by atoms with Gasteiger partial charge in [-0.05, 0) is 25.1 Å². The largest absolute Gasteiger partial charge is 0.477 e. The summed E-state index contributed by atoms with van der Waals surface area (Å²) in [5.74, 6) is -1.92. The van der Waals surface area contributed by atoms with Gasteiger partial charge in [-0.3, -0.25) is 9.69 Å². The van der Waals surface area contributed by atoms with Crippen LogP contribution in [0, 0.1) is 5.82 Å². The highest BCUT2D eigenvalue weighted by molar-refractivity contribution is 7.18. The molecule has 9 nitrogen and oxygen atoms in total. The lowest BCUT2D eigenvalue weighted by atomic mass is 10.1. The summed E-state index contributed by atoms with van der Waals surface area (Å²) in [7, 11) is 0. The third-order valence-corrected chi connectivity index (χ3v) is 6.86. The third-order valence-electron chi connectivity index (χ3n) is 5.58. The molecule has 1 fully saturated rings. The van der Waals surface area contributed by atoms with Crippen molar-refractivity contribution in [3.05, 3.63) is 55.2 Å². The van der Waals surface area contributed by atoms with Crippen LogP contribution < -0.4 is 10.3 Å². The van der Waals surface area contributed by atoms with Crippen LogP contribution in [0.25, 0.3) is 11.0 Å². The first-order valence-corrected chi connectivity index (χ1v) is 11.4. The first-order chi connectivity index (χ1) is 15.8. The van der Waals surface area contributed by atoms with Gasteiger partial charge in [0, 0.05) is 45.5 Å². The molecule has 2 N–H and O–H groups in total. The molecular formula is C21H21ClFN5O4S. The molecule has 0 aliphatic carbocycles. The summed E-state index contributed by atoms with van der Waals surface area (Å²) < 4.78 is 17.1. The first kappa shape index (κ1) is 23.1. The van der Waals surface area contributed by atoms with Gasteiger partial charge in [0.2, 0.25) is 5.43 Å². The Hall–Kier alpha value is -3.02. The molecule has 3 aromatic rings. The van der Waals surface area contributed by atoms with E-state index >= 15 is 0 Å². The minimum atomic E-state index is -1.36. The summed E-state index contributed by atoms with van der Waals surface area (Å²) in [6.07, 6.45) is 1.24. The van der Waals surface area contributed by atoms with E-state index in [2.05, 4.69) is 15.0 Å². The molecule has 4 rings (SSSR count). The number of thiophene rings is 1. The molecule has 0 saturated carbocycles. The number of oxime groups is 1. The van der Waals surface area contributed by atoms with Gasteiger partial charge in [0.05, 0.1) is 14.6 Å². The van der Waals surface area contributed by atoms with Crippen molar-refractivity contribution in [1.82, 2.24) is 14.5 Å². The number of aromatic nitrogens is 2. The predicted octanol–water partition coefficient (Wildman–Crippen LogP) is 2.97. The Labute approximate surface area is 196 Å². The molecule has 12 heteroatoms. The summed E-state index contributed by atoms with van der Waals surface area (Å²) in [4.78, 5) is 33.0. The van der Waals surface area contributed by atoms with Gasteiger partial charge in [-0.15, -0.1) is 11.3 Å². The highest BCUT2D eigenvalue weighted by Crippen LogP contribution is 2.24. The SMILES string of the molecule is CCn1cc(C(=O)O)c(=O)c2cc(F)c(N3CCN(C/C(=N/O)c4ccc(Cl)s4)CC3)nc21. The standard InChI is InChI=1S/C21H21ClFN5O4S/c1-2-27-10-13(21(30)31)18(29)12-9-14(23)20(24-19(12)27)28-7-5-26(6-8-28)11-15(25-32)16-3-4-17(22)33-16/h3-4,9-10,32H,2,5-8,11H2,1H3,(H,30,31)/b25-15-. The fourth-order valence-electron chi connectivity index (χ4n) is 3.85. The second-order valence-corrected chi connectivity index (χ2v) is 9.26. The van der Waals surface area contributed by atoms with E-state index in [9.17, 15) is 24.3 Å². The second-order valence-electron chi connectivity index (χ2n) is 7.54. The molecule has 4 heterocycles. The molecule has 174 valence electrons. The lowest BCUT2D eigenvalue weighted by Gasteiger charge is -2.35. The summed E-state index contributed by atoms with van der Waals surface area (Å²) in [6, 6.07) is 4.62. The number of fused-ring (bicyclic) bond motifs is 1. The Morgan fingerprint density at radius 1 is 1.30 bits per heavy atom. The average molecular weight is 494 g/mol. The van der Waals surface area contributed by atoms with Crippen molar-refractivity contribution in [3.63, 3.8) is 0 Å². The van der Waals surface area contributed by atoms with Gasteiger partial charge in [0.15, 0.2) is 11.6 Å². The lowest BCUT2D eigenvalue weighted by Crippen LogP contribution is -2.48. The zero-order chi connectivity index (χ0) is 23.7. The van der Waals surface area contributed by atoms with Gasteiger partial charge < -0.3 is 19.8 Å².